The van der Waals surface area contributed by atoms with Crippen molar-refractivity contribution in [1.82, 2.24) is 4.90 Å². The van der Waals surface area contributed by atoms with Gasteiger partial charge in [0.05, 0.1) is 0 Å². The summed E-state index contributed by atoms with van der Waals surface area (Å²) in [6.45, 7) is -1.61. The molecule has 2 nitrogen and oxygen atoms in total. The second-order valence-corrected chi connectivity index (χ2v) is 5.48. The number of hydrogen-bond acceptors (Lipinski definition) is 1. The van der Waals surface area contributed by atoms with Gasteiger partial charge in [-0.15, -0.1) is 0 Å². The Morgan fingerprint density at radius 3 is 2.59 bits per heavy atom. The molecule has 1 saturated heterocycles. The highest BCUT2D eigenvalue weighted by Crippen LogP contribution is 2.30. The second-order valence-electron chi connectivity index (χ2n) is 5.48. The molecule has 0 radical (unpaired) electrons. The molecule has 0 aromatic heterocycles. The smallest absolute Gasteiger partial charge is 0.333 e. The summed E-state index contributed by atoms with van der Waals surface area (Å²) in [5.41, 5.74) is 0.0295. The molecule has 0 aliphatic carbocycles. The van der Waals surface area contributed by atoms with Gasteiger partial charge >= 0.3 is 6.18 Å². The van der Waals surface area contributed by atoms with Crippen LogP contribution < -0.4 is 0 Å². The number of carbonyl (C=O) groups is 1. The Hall–Kier alpha value is -1.66. The van der Waals surface area contributed by atoms with E-state index < -0.39 is 36.2 Å². The summed E-state index contributed by atoms with van der Waals surface area (Å²) >= 11 is 0. The van der Waals surface area contributed by atoms with E-state index in [-0.39, 0.29) is 18.5 Å². The predicted molar refractivity (Wildman–Crippen MR) is 70.2 cm³/mol. The highest BCUT2D eigenvalue weighted by atomic mass is 19.4. The number of likely N-dealkylation sites (tertiary alicyclic amines) is 1. The Labute approximate surface area is 124 Å². The van der Waals surface area contributed by atoms with Crippen molar-refractivity contribution in [3.63, 3.8) is 0 Å². The lowest BCUT2D eigenvalue weighted by molar-refractivity contribution is -0.162. The van der Waals surface area contributed by atoms with Crippen LogP contribution in [0.5, 0.6) is 0 Å². The number of rotatable bonds is 2. The third-order valence-electron chi connectivity index (χ3n) is 3.78. The summed E-state index contributed by atoms with van der Waals surface area (Å²) < 4.78 is 65.0. The Balaban J connectivity index is 2.26. The molecule has 0 N–H and O–H groups in total. The van der Waals surface area contributed by atoms with Crippen molar-refractivity contribution in [3.05, 3.63) is 35.4 Å². The lowest BCUT2D eigenvalue weighted by Gasteiger charge is -2.31. The lowest BCUT2D eigenvalue weighted by atomic mass is 9.90. The first-order valence-electron chi connectivity index (χ1n) is 7.06. The molecule has 1 aromatic carbocycles. The molecular formula is C15H16F5NO. The molecule has 1 aliphatic heterocycles. The number of nitrogens with zero attached hydrogens (tertiary/aromatic N) is 1. The molecule has 22 heavy (non-hydrogen) atoms. The number of amides is 1. The zero-order valence-corrected chi connectivity index (χ0v) is 11.8. The van der Waals surface area contributed by atoms with Crippen molar-refractivity contribution < 1.29 is 26.7 Å². The molecule has 0 bridgehead atoms. The van der Waals surface area contributed by atoms with Gasteiger partial charge in [-0.3, -0.25) is 4.79 Å². The largest absolute Gasteiger partial charge is 0.406 e. The molecule has 1 aromatic rings. The van der Waals surface area contributed by atoms with Gasteiger partial charge in [-0.2, -0.15) is 13.2 Å². The van der Waals surface area contributed by atoms with Gasteiger partial charge in [-0.1, -0.05) is 18.6 Å². The fraction of sp³-hybridized carbons (Fsp3) is 0.533. The van der Waals surface area contributed by atoms with Crippen LogP contribution in [0.2, 0.25) is 0 Å². The van der Waals surface area contributed by atoms with E-state index >= 15 is 0 Å². The quantitative estimate of drug-likeness (QED) is 0.754. The standard InChI is InChI=1S/C15H16F5NO/c16-12-6-3-5-11(14(12)17)10-4-1-2-7-13(22)21(8-10)9-15(18,19)20/h3,5-6,10H,1-2,4,7-9H2. The Morgan fingerprint density at radius 2 is 1.91 bits per heavy atom. The summed E-state index contributed by atoms with van der Waals surface area (Å²) in [6, 6.07) is 3.64. The number of alkyl halides is 3. The minimum absolute atomic E-state index is 0.0295. The van der Waals surface area contributed by atoms with Gasteiger partial charge in [0.2, 0.25) is 5.91 Å². The van der Waals surface area contributed by atoms with Crippen molar-refractivity contribution in [1.29, 1.82) is 0 Å². The number of carbonyl (C=O) groups excluding carboxylic acids is 1. The van der Waals surface area contributed by atoms with Gasteiger partial charge in [0.15, 0.2) is 11.6 Å². The summed E-state index contributed by atoms with van der Waals surface area (Å²) in [4.78, 5) is 12.5. The van der Waals surface area contributed by atoms with Crippen molar-refractivity contribution in [2.24, 2.45) is 0 Å². The van der Waals surface area contributed by atoms with Crippen LogP contribution in [0.25, 0.3) is 0 Å². The van der Waals surface area contributed by atoms with Crippen LogP contribution >= 0.6 is 0 Å². The zero-order chi connectivity index (χ0) is 16.3. The topological polar surface area (TPSA) is 20.3 Å². The van der Waals surface area contributed by atoms with Crippen LogP contribution in [-0.2, 0) is 4.79 Å². The first-order valence-corrected chi connectivity index (χ1v) is 7.06. The first kappa shape index (κ1) is 16.7. The van der Waals surface area contributed by atoms with Gasteiger partial charge in [0.25, 0.3) is 0 Å². The predicted octanol–water partition coefficient (Wildman–Crippen LogP) is 4.01. The van der Waals surface area contributed by atoms with Crippen molar-refractivity contribution in [2.75, 3.05) is 13.1 Å². The fourth-order valence-electron chi connectivity index (χ4n) is 2.74. The first-order chi connectivity index (χ1) is 10.3. The van der Waals surface area contributed by atoms with Crippen LogP contribution in [0, 0.1) is 11.6 Å². The van der Waals surface area contributed by atoms with Crippen LogP contribution in [0.15, 0.2) is 18.2 Å². The molecule has 1 fully saturated rings. The maximum absolute atomic E-state index is 13.9. The SMILES string of the molecule is O=C1CCCCC(c2cccc(F)c2F)CN1CC(F)(F)F. The lowest BCUT2D eigenvalue weighted by Crippen LogP contribution is -2.42. The van der Waals surface area contributed by atoms with E-state index in [1.165, 1.54) is 12.1 Å². The van der Waals surface area contributed by atoms with E-state index in [1.54, 1.807) is 0 Å². The maximum Gasteiger partial charge on any atom is 0.406 e. The Morgan fingerprint density at radius 1 is 1.18 bits per heavy atom. The molecule has 122 valence electrons. The molecule has 1 aliphatic rings. The molecule has 1 heterocycles. The van der Waals surface area contributed by atoms with Crippen molar-refractivity contribution in [3.8, 4) is 0 Å². The zero-order valence-electron chi connectivity index (χ0n) is 11.8. The third kappa shape index (κ3) is 4.18. The van der Waals surface area contributed by atoms with Gasteiger partial charge < -0.3 is 4.90 Å². The van der Waals surface area contributed by atoms with E-state index in [9.17, 15) is 26.7 Å². The molecule has 1 unspecified atom stereocenters. The molecule has 2 rings (SSSR count). The number of hydrogen-bond donors (Lipinski definition) is 0. The molecular weight excluding hydrogens is 305 g/mol. The van der Waals surface area contributed by atoms with E-state index in [1.807, 2.05) is 0 Å². The summed E-state index contributed by atoms with van der Waals surface area (Å²) in [7, 11) is 0. The molecule has 1 atom stereocenters. The summed E-state index contributed by atoms with van der Waals surface area (Å²) in [5, 5.41) is 0. The van der Waals surface area contributed by atoms with Crippen molar-refractivity contribution in [2.45, 2.75) is 37.8 Å². The van der Waals surface area contributed by atoms with E-state index in [0.717, 1.165) is 6.07 Å². The molecule has 0 spiro atoms. The van der Waals surface area contributed by atoms with Crippen LogP contribution in [0.3, 0.4) is 0 Å². The van der Waals surface area contributed by atoms with Gasteiger partial charge in [-0.25, -0.2) is 8.78 Å². The Bertz CT molecular complexity index is 543. The van der Waals surface area contributed by atoms with E-state index in [4.69, 9.17) is 0 Å². The Kier molecular flexibility index (Phi) is 5.03. The van der Waals surface area contributed by atoms with Crippen LogP contribution in [0.1, 0.15) is 37.2 Å². The molecule has 7 heteroatoms. The summed E-state index contributed by atoms with van der Waals surface area (Å²) in [6.07, 6.45) is -3.01. The fourth-order valence-corrected chi connectivity index (χ4v) is 2.74. The van der Waals surface area contributed by atoms with Gasteiger partial charge in [0.1, 0.15) is 6.54 Å². The average molecular weight is 321 g/mol. The molecule has 0 saturated carbocycles. The van der Waals surface area contributed by atoms with E-state index in [2.05, 4.69) is 0 Å². The van der Waals surface area contributed by atoms with Crippen LogP contribution in [0.4, 0.5) is 22.0 Å². The average Bonchev–Trinajstić information content (AvgIpc) is 2.41. The number of benzene rings is 1. The monoisotopic (exact) mass is 321 g/mol. The van der Waals surface area contributed by atoms with E-state index in [0.29, 0.717) is 24.2 Å². The normalized spacial score (nSPS) is 20.7. The summed E-state index contributed by atoms with van der Waals surface area (Å²) in [5.74, 6) is -3.32. The minimum atomic E-state index is -4.51. The van der Waals surface area contributed by atoms with Crippen molar-refractivity contribution >= 4 is 5.91 Å². The highest BCUT2D eigenvalue weighted by molar-refractivity contribution is 5.76. The third-order valence-corrected chi connectivity index (χ3v) is 3.78. The van der Waals surface area contributed by atoms with Gasteiger partial charge in [-0.05, 0) is 24.5 Å². The van der Waals surface area contributed by atoms with Gasteiger partial charge in [0, 0.05) is 18.9 Å². The molecule has 1 amide bonds. The maximum atomic E-state index is 13.9. The second kappa shape index (κ2) is 6.62. The highest BCUT2D eigenvalue weighted by Gasteiger charge is 2.35. The van der Waals surface area contributed by atoms with Crippen LogP contribution in [-0.4, -0.2) is 30.1 Å². The minimum Gasteiger partial charge on any atom is -0.333 e. The number of halogens is 5.